The minimum atomic E-state index is -0.649. The molecule has 1 N–H and O–H groups in total. The number of piperidine rings is 1. The Labute approximate surface area is 102 Å². The fourth-order valence-electron chi connectivity index (χ4n) is 1.88. The van der Waals surface area contributed by atoms with Gasteiger partial charge in [-0.05, 0) is 25.7 Å². The molecule has 94 valence electrons. The standard InChI is InChI=1S/C12H19N3O2/c1-2-10(8-13)12(17)14-9-11(16)15-6-4-3-5-7-15/h10H,2-7,9H2,1H3,(H,14,17). The van der Waals surface area contributed by atoms with E-state index >= 15 is 0 Å². The molecule has 1 aliphatic heterocycles. The van der Waals surface area contributed by atoms with Crippen LogP contribution in [0.25, 0.3) is 0 Å². The minimum Gasteiger partial charge on any atom is -0.346 e. The van der Waals surface area contributed by atoms with Crippen LogP contribution in [0.3, 0.4) is 0 Å². The van der Waals surface area contributed by atoms with Gasteiger partial charge in [0, 0.05) is 13.1 Å². The monoisotopic (exact) mass is 237 g/mol. The normalized spacial score (nSPS) is 17.1. The number of rotatable bonds is 4. The SMILES string of the molecule is CCC(C#N)C(=O)NCC(=O)N1CCCCC1. The molecule has 0 aromatic heterocycles. The molecule has 1 heterocycles. The van der Waals surface area contributed by atoms with Gasteiger partial charge in [-0.15, -0.1) is 0 Å². The van der Waals surface area contributed by atoms with Gasteiger partial charge >= 0.3 is 0 Å². The van der Waals surface area contributed by atoms with E-state index in [-0.39, 0.29) is 18.4 Å². The van der Waals surface area contributed by atoms with E-state index in [1.807, 2.05) is 6.07 Å². The lowest BCUT2D eigenvalue weighted by Crippen LogP contribution is -2.43. The second-order valence-electron chi connectivity index (χ2n) is 4.25. The molecular weight excluding hydrogens is 218 g/mol. The average Bonchev–Trinajstić information content (AvgIpc) is 2.38. The molecular formula is C12H19N3O2. The van der Waals surface area contributed by atoms with Crippen molar-refractivity contribution >= 4 is 11.8 Å². The van der Waals surface area contributed by atoms with Gasteiger partial charge in [0.2, 0.25) is 11.8 Å². The third-order valence-electron chi connectivity index (χ3n) is 3.00. The fourth-order valence-corrected chi connectivity index (χ4v) is 1.88. The van der Waals surface area contributed by atoms with Crippen molar-refractivity contribution < 1.29 is 9.59 Å². The Morgan fingerprint density at radius 3 is 2.53 bits per heavy atom. The topological polar surface area (TPSA) is 73.2 Å². The number of hydrogen-bond acceptors (Lipinski definition) is 3. The highest BCUT2D eigenvalue weighted by atomic mass is 16.2. The lowest BCUT2D eigenvalue weighted by molar-refractivity contribution is -0.134. The molecule has 1 rings (SSSR count). The van der Waals surface area contributed by atoms with E-state index in [9.17, 15) is 9.59 Å². The van der Waals surface area contributed by atoms with E-state index in [1.54, 1.807) is 11.8 Å². The van der Waals surface area contributed by atoms with Crippen LogP contribution >= 0.6 is 0 Å². The van der Waals surface area contributed by atoms with Gasteiger partial charge in [-0.3, -0.25) is 9.59 Å². The highest BCUT2D eigenvalue weighted by Gasteiger charge is 2.19. The summed E-state index contributed by atoms with van der Waals surface area (Å²) in [5, 5.41) is 11.2. The first-order valence-electron chi connectivity index (χ1n) is 6.14. The molecule has 0 saturated carbocycles. The molecule has 0 aliphatic carbocycles. The highest BCUT2D eigenvalue weighted by molar-refractivity contribution is 5.87. The first-order valence-corrected chi connectivity index (χ1v) is 6.14. The molecule has 0 aromatic rings. The maximum absolute atomic E-state index is 11.7. The lowest BCUT2D eigenvalue weighted by Gasteiger charge is -2.26. The molecule has 5 nitrogen and oxygen atoms in total. The van der Waals surface area contributed by atoms with Gasteiger partial charge < -0.3 is 10.2 Å². The molecule has 0 radical (unpaired) electrons. The maximum Gasteiger partial charge on any atom is 0.241 e. The van der Waals surface area contributed by atoms with Crippen molar-refractivity contribution in [3.8, 4) is 6.07 Å². The number of nitrogens with zero attached hydrogens (tertiary/aromatic N) is 2. The first-order chi connectivity index (χ1) is 8.19. The molecule has 2 amide bonds. The summed E-state index contributed by atoms with van der Waals surface area (Å²) >= 11 is 0. The van der Waals surface area contributed by atoms with Crippen LogP contribution < -0.4 is 5.32 Å². The first kappa shape index (κ1) is 13.5. The summed E-state index contributed by atoms with van der Waals surface area (Å²) in [5.74, 6) is -1.05. The molecule has 1 aliphatic rings. The van der Waals surface area contributed by atoms with Crippen LogP contribution in [0.4, 0.5) is 0 Å². The largest absolute Gasteiger partial charge is 0.346 e. The van der Waals surface area contributed by atoms with Crippen LogP contribution in [-0.2, 0) is 9.59 Å². The zero-order valence-corrected chi connectivity index (χ0v) is 10.2. The van der Waals surface area contributed by atoms with Crippen molar-refractivity contribution in [1.82, 2.24) is 10.2 Å². The third-order valence-corrected chi connectivity index (χ3v) is 3.00. The zero-order chi connectivity index (χ0) is 12.7. The van der Waals surface area contributed by atoms with Gasteiger partial charge in [0.15, 0.2) is 0 Å². The van der Waals surface area contributed by atoms with Crippen molar-refractivity contribution in [3.63, 3.8) is 0 Å². The van der Waals surface area contributed by atoms with E-state index in [0.717, 1.165) is 25.9 Å². The van der Waals surface area contributed by atoms with E-state index in [1.165, 1.54) is 6.42 Å². The van der Waals surface area contributed by atoms with Crippen LogP contribution in [0, 0.1) is 17.2 Å². The molecule has 0 spiro atoms. The van der Waals surface area contributed by atoms with Crippen molar-refractivity contribution in [1.29, 1.82) is 5.26 Å². The lowest BCUT2D eigenvalue weighted by atomic mass is 10.1. The van der Waals surface area contributed by atoms with Gasteiger partial charge in [-0.2, -0.15) is 5.26 Å². The Morgan fingerprint density at radius 2 is 2.00 bits per heavy atom. The van der Waals surface area contributed by atoms with Crippen LogP contribution in [0.5, 0.6) is 0 Å². The number of carbonyl (C=O) groups excluding carboxylic acids is 2. The highest BCUT2D eigenvalue weighted by Crippen LogP contribution is 2.08. The number of nitrogens with one attached hydrogen (secondary N) is 1. The van der Waals surface area contributed by atoms with E-state index in [0.29, 0.717) is 6.42 Å². The second-order valence-corrected chi connectivity index (χ2v) is 4.25. The van der Waals surface area contributed by atoms with Crippen molar-refractivity contribution in [3.05, 3.63) is 0 Å². The summed E-state index contributed by atoms with van der Waals surface area (Å²) in [5.41, 5.74) is 0. The van der Waals surface area contributed by atoms with Crippen molar-refractivity contribution in [2.75, 3.05) is 19.6 Å². The van der Waals surface area contributed by atoms with Gasteiger partial charge in [0.05, 0.1) is 12.6 Å². The zero-order valence-electron chi connectivity index (χ0n) is 10.2. The molecule has 5 heteroatoms. The summed E-state index contributed by atoms with van der Waals surface area (Å²) in [6.45, 7) is 3.35. The molecule has 0 bridgehead atoms. The van der Waals surface area contributed by atoms with E-state index < -0.39 is 5.92 Å². The third kappa shape index (κ3) is 4.06. The maximum atomic E-state index is 11.7. The smallest absolute Gasteiger partial charge is 0.241 e. The number of carbonyl (C=O) groups is 2. The van der Waals surface area contributed by atoms with Crippen molar-refractivity contribution in [2.45, 2.75) is 32.6 Å². The van der Waals surface area contributed by atoms with Gasteiger partial charge in [-0.1, -0.05) is 6.92 Å². The number of amides is 2. The fraction of sp³-hybridized carbons (Fsp3) is 0.750. The van der Waals surface area contributed by atoms with E-state index in [4.69, 9.17) is 5.26 Å². The summed E-state index contributed by atoms with van der Waals surface area (Å²) in [6, 6.07) is 1.92. The second kappa shape index (κ2) is 6.89. The van der Waals surface area contributed by atoms with Crippen LogP contribution in [0.2, 0.25) is 0 Å². The molecule has 1 unspecified atom stereocenters. The Kier molecular flexibility index (Phi) is 5.47. The van der Waals surface area contributed by atoms with Gasteiger partial charge in [0.1, 0.15) is 5.92 Å². The number of likely N-dealkylation sites (tertiary alicyclic amines) is 1. The average molecular weight is 237 g/mol. The predicted molar refractivity (Wildman–Crippen MR) is 62.8 cm³/mol. The summed E-state index contributed by atoms with van der Waals surface area (Å²) < 4.78 is 0. The Bertz CT molecular complexity index is 316. The van der Waals surface area contributed by atoms with Gasteiger partial charge in [-0.25, -0.2) is 0 Å². The van der Waals surface area contributed by atoms with Crippen LogP contribution in [0.15, 0.2) is 0 Å². The minimum absolute atomic E-state index is 0.0109. The quantitative estimate of drug-likeness (QED) is 0.780. The predicted octanol–water partition coefficient (Wildman–Crippen LogP) is 0.665. The van der Waals surface area contributed by atoms with Crippen molar-refractivity contribution in [2.24, 2.45) is 5.92 Å². The Morgan fingerprint density at radius 1 is 1.35 bits per heavy atom. The number of hydrogen-bond donors (Lipinski definition) is 1. The Hall–Kier alpha value is -1.57. The summed E-state index contributed by atoms with van der Waals surface area (Å²) in [4.78, 5) is 25.0. The molecule has 0 aromatic carbocycles. The summed E-state index contributed by atoms with van der Waals surface area (Å²) in [7, 11) is 0. The molecule has 17 heavy (non-hydrogen) atoms. The van der Waals surface area contributed by atoms with Gasteiger partial charge in [0.25, 0.3) is 0 Å². The van der Waals surface area contributed by atoms with E-state index in [2.05, 4.69) is 5.32 Å². The van der Waals surface area contributed by atoms with Crippen LogP contribution in [-0.4, -0.2) is 36.3 Å². The Balaban J connectivity index is 2.32. The number of nitriles is 1. The molecule has 1 atom stereocenters. The summed E-state index contributed by atoms with van der Waals surface area (Å²) in [6.07, 6.45) is 3.72. The van der Waals surface area contributed by atoms with Crippen LogP contribution in [0.1, 0.15) is 32.6 Å². The molecule has 1 fully saturated rings. The molecule has 1 saturated heterocycles.